The molecule has 18 heavy (non-hydrogen) atoms. The minimum atomic E-state index is -0.236. The van der Waals surface area contributed by atoms with Crippen molar-refractivity contribution in [1.82, 2.24) is 4.90 Å². The van der Waals surface area contributed by atoms with Crippen molar-refractivity contribution in [3.8, 4) is 11.5 Å². The van der Waals surface area contributed by atoms with Crippen molar-refractivity contribution in [3.63, 3.8) is 0 Å². The van der Waals surface area contributed by atoms with E-state index in [4.69, 9.17) is 0 Å². The molecule has 1 amide bonds. The Hall–Kier alpha value is -1.71. The molecule has 3 rings (SSSR count). The molecular formula is C14H17NO3. The van der Waals surface area contributed by atoms with Crippen LogP contribution >= 0.6 is 0 Å². The van der Waals surface area contributed by atoms with Crippen molar-refractivity contribution < 1.29 is 15.0 Å². The molecule has 0 heterocycles. The van der Waals surface area contributed by atoms with E-state index in [-0.39, 0.29) is 23.0 Å². The van der Waals surface area contributed by atoms with Crippen molar-refractivity contribution in [1.29, 1.82) is 0 Å². The van der Waals surface area contributed by atoms with Crippen molar-refractivity contribution in [2.45, 2.75) is 31.7 Å². The molecule has 0 unspecified atom stereocenters. The van der Waals surface area contributed by atoms with E-state index in [0.717, 1.165) is 19.4 Å². The summed E-state index contributed by atoms with van der Waals surface area (Å²) in [6.07, 6.45) is 4.44. The van der Waals surface area contributed by atoms with Crippen LogP contribution in [-0.2, 0) is 0 Å². The van der Waals surface area contributed by atoms with Crippen LogP contribution in [0.4, 0.5) is 0 Å². The predicted molar refractivity (Wildman–Crippen MR) is 66.6 cm³/mol. The minimum Gasteiger partial charge on any atom is -0.507 e. The van der Waals surface area contributed by atoms with Gasteiger partial charge in [-0.2, -0.15) is 0 Å². The van der Waals surface area contributed by atoms with Crippen molar-refractivity contribution in [2.24, 2.45) is 5.92 Å². The Morgan fingerprint density at radius 3 is 2.28 bits per heavy atom. The second kappa shape index (κ2) is 4.19. The molecule has 0 aromatic heterocycles. The van der Waals surface area contributed by atoms with Gasteiger partial charge in [0.05, 0.1) is 0 Å². The van der Waals surface area contributed by atoms with Gasteiger partial charge in [0.1, 0.15) is 17.1 Å². The molecule has 2 aliphatic carbocycles. The zero-order chi connectivity index (χ0) is 12.7. The first-order chi connectivity index (χ1) is 8.66. The number of benzene rings is 1. The van der Waals surface area contributed by atoms with Crippen LogP contribution in [0.15, 0.2) is 18.2 Å². The van der Waals surface area contributed by atoms with E-state index in [1.54, 1.807) is 0 Å². The summed E-state index contributed by atoms with van der Waals surface area (Å²) >= 11 is 0. The van der Waals surface area contributed by atoms with Gasteiger partial charge in [-0.05, 0) is 43.7 Å². The fourth-order valence-electron chi connectivity index (χ4n) is 2.25. The summed E-state index contributed by atoms with van der Waals surface area (Å²) in [6, 6.07) is 4.71. The number of aromatic hydroxyl groups is 2. The standard InChI is InChI=1S/C14H17NO3/c16-11-2-1-3-12(17)13(11)14(18)15(10-6-7-10)8-9-4-5-9/h1-3,9-10,16-17H,4-8H2. The maximum absolute atomic E-state index is 12.4. The Kier molecular flexibility index (Phi) is 2.65. The summed E-state index contributed by atoms with van der Waals surface area (Å²) in [5, 5.41) is 19.5. The molecule has 2 saturated carbocycles. The van der Waals surface area contributed by atoms with Gasteiger partial charge in [-0.3, -0.25) is 4.79 Å². The lowest BCUT2D eigenvalue weighted by atomic mass is 10.1. The van der Waals surface area contributed by atoms with Gasteiger partial charge in [0, 0.05) is 12.6 Å². The van der Waals surface area contributed by atoms with E-state index in [1.165, 1.54) is 31.0 Å². The molecular weight excluding hydrogens is 230 g/mol. The summed E-state index contributed by atoms with van der Waals surface area (Å²) in [7, 11) is 0. The van der Waals surface area contributed by atoms with Gasteiger partial charge in [0.15, 0.2) is 0 Å². The lowest BCUT2D eigenvalue weighted by molar-refractivity contribution is 0.0728. The van der Waals surface area contributed by atoms with Crippen molar-refractivity contribution >= 4 is 5.91 Å². The quantitative estimate of drug-likeness (QED) is 0.856. The number of hydrogen-bond acceptors (Lipinski definition) is 3. The highest BCUT2D eigenvalue weighted by molar-refractivity contribution is 5.99. The fraction of sp³-hybridized carbons (Fsp3) is 0.500. The van der Waals surface area contributed by atoms with E-state index in [0.29, 0.717) is 12.0 Å². The number of hydrogen-bond donors (Lipinski definition) is 2. The average molecular weight is 247 g/mol. The minimum absolute atomic E-state index is 0.0463. The number of amides is 1. The van der Waals surface area contributed by atoms with Gasteiger partial charge < -0.3 is 15.1 Å². The second-order valence-corrected chi connectivity index (χ2v) is 5.30. The Labute approximate surface area is 106 Å². The third kappa shape index (κ3) is 2.15. The van der Waals surface area contributed by atoms with Crippen LogP contribution in [0.1, 0.15) is 36.0 Å². The van der Waals surface area contributed by atoms with Crippen molar-refractivity contribution in [2.75, 3.05) is 6.54 Å². The normalized spacial score (nSPS) is 18.7. The molecule has 0 bridgehead atoms. The van der Waals surface area contributed by atoms with Crippen LogP contribution in [0, 0.1) is 5.92 Å². The van der Waals surface area contributed by atoms with Crippen molar-refractivity contribution in [3.05, 3.63) is 23.8 Å². The molecule has 2 aliphatic rings. The monoisotopic (exact) mass is 247 g/mol. The summed E-state index contributed by atoms with van der Waals surface area (Å²) < 4.78 is 0. The van der Waals surface area contributed by atoms with Gasteiger partial charge in [-0.1, -0.05) is 6.07 Å². The van der Waals surface area contributed by atoms with E-state index >= 15 is 0 Å². The van der Waals surface area contributed by atoms with E-state index in [9.17, 15) is 15.0 Å². The first kappa shape index (κ1) is 11.4. The average Bonchev–Trinajstić information content (AvgIpc) is 3.18. The predicted octanol–water partition coefficient (Wildman–Crippen LogP) is 2.11. The topological polar surface area (TPSA) is 60.8 Å². The second-order valence-electron chi connectivity index (χ2n) is 5.30. The smallest absolute Gasteiger partial charge is 0.261 e. The van der Waals surface area contributed by atoms with Crippen LogP contribution in [0.2, 0.25) is 0 Å². The Morgan fingerprint density at radius 1 is 1.17 bits per heavy atom. The molecule has 0 radical (unpaired) electrons. The molecule has 1 aromatic rings. The number of phenols is 2. The molecule has 4 nitrogen and oxygen atoms in total. The zero-order valence-corrected chi connectivity index (χ0v) is 10.2. The Balaban J connectivity index is 1.86. The molecule has 4 heteroatoms. The Morgan fingerprint density at radius 2 is 1.78 bits per heavy atom. The maximum Gasteiger partial charge on any atom is 0.261 e. The van der Waals surface area contributed by atoms with Crippen LogP contribution in [-0.4, -0.2) is 33.6 Å². The summed E-state index contributed by atoms with van der Waals surface area (Å²) in [5.74, 6) is 0.102. The van der Waals surface area contributed by atoms with Crippen LogP contribution in [0.3, 0.4) is 0 Å². The highest BCUT2D eigenvalue weighted by Crippen LogP contribution is 2.37. The maximum atomic E-state index is 12.4. The first-order valence-corrected chi connectivity index (χ1v) is 6.48. The van der Waals surface area contributed by atoms with Gasteiger partial charge in [-0.25, -0.2) is 0 Å². The van der Waals surface area contributed by atoms with Gasteiger partial charge >= 0.3 is 0 Å². The first-order valence-electron chi connectivity index (χ1n) is 6.48. The van der Waals surface area contributed by atoms with Crippen LogP contribution < -0.4 is 0 Å². The highest BCUT2D eigenvalue weighted by Gasteiger charge is 2.38. The molecule has 2 N–H and O–H groups in total. The van der Waals surface area contributed by atoms with Gasteiger partial charge in [0.25, 0.3) is 5.91 Å². The lowest BCUT2D eigenvalue weighted by Crippen LogP contribution is -2.35. The van der Waals surface area contributed by atoms with E-state index in [1.807, 2.05) is 4.90 Å². The summed E-state index contributed by atoms with van der Waals surface area (Å²) in [6.45, 7) is 0.761. The molecule has 2 fully saturated rings. The highest BCUT2D eigenvalue weighted by atomic mass is 16.3. The molecule has 96 valence electrons. The third-order valence-corrected chi connectivity index (χ3v) is 3.63. The molecule has 0 saturated heterocycles. The van der Waals surface area contributed by atoms with Gasteiger partial charge in [-0.15, -0.1) is 0 Å². The number of rotatable bonds is 4. The SMILES string of the molecule is O=C(c1c(O)cccc1O)N(CC1CC1)C1CC1. The zero-order valence-electron chi connectivity index (χ0n) is 10.2. The third-order valence-electron chi connectivity index (χ3n) is 3.63. The molecule has 0 spiro atoms. The number of phenolic OH excluding ortho intramolecular Hbond substituents is 2. The number of carbonyl (C=O) groups is 1. The molecule has 1 aromatic carbocycles. The fourth-order valence-corrected chi connectivity index (χ4v) is 2.25. The lowest BCUT2D eigenvalue weighted by Gasteiger charge is -2.23. The largest absolute Gasteiger partial charge is 0.507 e. The Bertz CT molecular complexity index is 458. The molecule has 0 atom stereocenters. The van der Waals surface area contributed by atoms with Crippen LogP contribution in [0.5, 0.6) is 11.5 Å². The number of carbonyl (C=O) groups excluding carboxylic acids is 1. The molecule has 0 aliphatic heterocycles. The van der Waals surface area contributed by atoms with E-state index < -0.39 is 0 Å². The summed E-state index contributed by atoms with van der Waals surface area (Å²) in [5.41, 5.74) is 0.0463. The number of nitrogens with zero attached hydrogens (tertiary/aromatic N) is 1. The van der Waals surface area contributed by atoms with Crippen LogP contribution in [0.25, 0.3) is 0 Å². The summed E-state index contributed by atoms with van der Waals surface area (Å²) in [4.78, 5) is 14.3. The van der Waals surface area contributed by atoms with E-state index in [2.05, 4.69) is 0 Å². The van der Waals surface area contributed by atoms with Gasteiger partial charge in [0.2, 0.25) is 0 Å².